The van der Waals surface area contributed by atoms with E-state index in [1.54, 1.807) is 14.2 Å². The summed E-state index contributed by atoms with van der Waals surface area (Å²) in [5.41, 5.74) is 0.605. The molecule has 0 aliphatic rings. The van der Waals surface area contributed by atoms with E-state index in [4.69, 9.17) is 8.85 Å². The summed E-state index contributed by atoms with van der Waals surface area (Å²) in [4.78, 5) is 0. The van der Waals surface area contributed by atoms with E-state index in [-0.39, 0.29) is 0 Å². The Hall–Kier alpha value is 0.0969. The largest absolute Gasteiger partial charge is 0.400 e. The molecule has 0 radical (unpaired) electrons. The van der Waals surface area contributed by atoms with Crippen LogP contribution in [-0.2, 0) is 8.85 Å². The van der Waals surface area contributed by atoms with Crippen LogP contribution in [-0.4, -0.2) is 36.6 Å². The van der Waals surface area contributed by atoms with Gasteiger partial charge in [0.05, 0.1) is 0 Å². The summed E-state index contributed by atoms with van der Waals surface area (Å²) < 4.78 is 10.7. The second-order valence-corrected chi connectivity index (χ2v) is 6.53. The second-order valence-electron chi connectivity index (χ2n) is 3.71. The fourth-order valence-corrected chi connectivity index (χ4v) is 3.18. The van der Waals surface area contributed by atoms with Crippen molar-refractivity contribution in [3.63, 3.8) is 0 Å². The highest BCUT2D eigenvalue weighted by molar-refractivity contribution is 6.46. The third kappa shape index (κ3) is 6.54. The molecule has 0 bridgehead atoms. The summed E-state index contributed by atoms with van der Waals surface area (Å²) in [6, 6.07) is 0. The number of hydrogen-bond acceptors (Lipinski definition) is 3. The van der Waals surface area contributed by atoms with Crippen molar-refractivity contribution >= 4 is 9.28 Å². The molecule has 0 aliphatic carbocycles. The van der Waals surface area contributed by atoms with E-state index in [0.717, 1.165) is 13.1 Å². The number of nitrogens with one attached hydrogen (secondary N) is 1. The maximum Gasteiger partial charge on any atom is 0.323 e. The maximum atomic E-state index is 5.34. The van der Waals surface area contributed by atoms with Crippen LogP contribution < -0.4 is 5.32 Å². The summed E-state index contributed by atoms with van der Waals surface area (Å²) >= 11 is 0. The first kappa shape index (κ1) is 14.1. The summed E-state index contributed by atoms with van der Waals surface area (Å²) in [7, 11) is 2.14. The van der Waals surface area contributed by atoms with Crippen LogP contribution in [0.25, 0.3) is 0 Å². The van der Waals surface area contributed by atoms with Gasteiger partial charge >= 0.3 is 9.28 Å². The summed E-state index contributed by atoms with van der Waals surface area (Å²) in [5, 5.41) is 3.40. The quantitative estimate of drug-likeness (QED) is 0.473. The van der Waals surface area contributed by atoms with Gasteiger partial charge in [-0.25, -0.2) is 0 Å². The minimum atomic E-state index is -1.37. The van der Waals surface area contributed by atoms with Gasteiger partial charge in [0.15, 0.2) is 0 Å². The first-order chi connectivity index (χ1) is 6.76. The Bertz CT molecular complexity index is 121. The van der Waals surface area contributed by atoms with Crippen LogP contribution in [0.15, 0.2) is 0 Å². The van der Waals surface area contributed by atoms with Crippen LogP contribution in [0.4, 0.5) is 0 Å². The molecular weight excluding hydrogens is 194 g/mol. The SMILES string of the molecule is CCCNCCCC(C)[SiH](OC)OC. The molecule has 1 atom stereocenters. The van der Waals surface area contributed by atoms with Crippen LogP contribution in [0.5, 0.6) is 0 Å². The zero-order valence-electron chi connectivity index (χ0n) is 10.0. The average Bonchev–Trinajstić information content (AvgIpc) is 2.19. The normalized spacial score (nSPS) is 13.5. The van der Waals surface area contributed by atoms with Gasteiger partial charge in [0, 0.05) is 14.2 Å². The van der Waals surface area contributed by atoms with Crippen LogP contribution in [0, 0.1) is 0 Å². The van der Waals surface area contributed by atoms with Crippen molar-refractivity contribution in [2.75, 3.05) is 27.3 Å². The molecule has 0 aromatic rings. The van der Waals surface area contributed by atoms with E-state index in [1.807, 2.05) is 0 Å². The van der Waals surface area contributed by atoms with Crippen molar-refractivity contribution < 1.29 is 8.85 Å². The molecule has 1 unspecified atom stereocenters. The lowest BCUT2D eigenvalue weighted by Gasteiger charge is -2.18. The molecule has 0 spiro atoms. The van der Waals surface area contributed by atoms with Crippen molar-refractivity contribution in [3.05, 3.63) is 0 Å². The highest BCUT2D eigenvalue weighted by Gasteiger charge is 2.18. The monoisotopic (exact) mass is 219 g/mol. The molecule has 86 valence electrons. The van der Waals surface area contributed by atoms with Crippen molar-refractivity contribution in [2.45, 2.75) is 38.7 Å². The summed E-state index contributed by atoms with van der Waals surface area (Å²) in [6.07, 6.45) is 3.63. The van der Waals surface area contributed by atoms with Gasteiger partial charge < -0.3 is 14.2 Å². The Balaban J connectivity index is 3.37. The standard InChI is InChI=1S/C10H25NO2Si/c1-5-8-11-9-6-7-10(2)14(12-3)13-4/h10-11,14H,5-9H2,1-4H3. The fraction of sp³-hybridized carbons (Fsp3) is 1.00. The minimum Gasteiger partial charge on any atom is -0.400 e. The molecule has 0 amide bonds. The lowest BCUT2D eigenvalue weighted by Crippen LogP contribution is -2.25. The third-order valence-corrected chi connectivity index (χ3v) is 4.56. The summed E-state index contributed by atoms with van der Waals surface area (Å²) in [5.74, 6) is 0. The second kappa shape index (κ2) is 9.64. The molecule has 3 nitrogen and oxygen atoms in total. The lowest BCUT2D eigenvalue weighted by atomic mass is 10.2. The van der Waals surface area contributed by atoms with Gasteiger partial charge in [-0.2, -0.15) is 0 Å². The number of rotatable bonds is 9. The van der Waals surface area contributed by atoms with Gasteiger partial charge in [-0.1, -0.05) is 13.8 Å². The maximum absolute atomic E-state index is 5.34. The van der Waals surface area contributed by atoms with Crippen molar-refractivity contribution in [1.29, 1.82) is 0 Å². The van der Waals surface area contributed by atoms with Crippen LogP contribution in [0.1, 0.15) is 33.1 Å². The first-order valence-electron chi connectivity index (χ1n) is 5.52. The molecule has 0 aromatic carbocycles. The Labute approximate surface area is 90.0 Å². The molecule has 0 aliphatic heterocycles. The Morgan fingerprint density at radius 1 is 1.21 bits per heavy atom. The molecule has 0 saturated heterocycles. The third-order valence-electron chi connectivity index (χ3n) is 2.37. The van der Waals surface area contributed by atoms with E-state index in [2.05, 4.69) is 19.2 Å². The average molecular weight is 219 g/mol. The van der Waals surface area contributed by atoms with Gasteiger partial charge in [-0.3, -0.25) is 0 Å². The topological polar surface area (TPSA) is 30.5 Å². The lowest BCUT2D eigenvalue weighted by molar-refractivity contribution is 0.264. The molecule has 0 aromatic heterocycles. The van der Waals surface area contributed by atoms with Crippen LogP contribution >= 0.6 is 0 Å². The molecule has 1 N–H and O–H groups in total. The van der Waals surface area contributed by atoms with Crippen LogP contribution in [0.3, 0.4) is 0 Å². The summed E-state index contributed by atoms with van der Waals surface area (Å²) in [6.45, 7) is 6.66. The Kier molecular flexibility index (Phi) is 9.71. The smallest absolute Gasteiger partial charge is 0.323 e. The molecule has 0 saturated carbocycles. The van der Waals surface area contributed by atoms with Gasteiger partial charge in [0.1, 0.15) is 0 Å². The van der Waals surface area contributed by atoms with Gasteiger partial charge in [0.25, 0.3) is 0 Å². The van der Waals surface area contributed by atoms with Gasteiger partial charge in [0.2, 0.25) is 0 Å². The van der Waals surface area contributed by atoms with Crippen LogP contribution in [0.2, 0.25) is 5.54 Å². The van der Waals surface area contributed by atoms with E-state index in [0.29, 0.717) is 5.54 Å². The van der Waals surface area contributed by atoms with Crippen molar-refractivity contribution in [1.82, 2.24) is 5.32 Å². The zero-order chi connectivity index (χ0) is 10.8. The zero-order valence-corrected chi connectivity index (χ0v) is 11.2. The molecule has 0 heterocycles. The molecule has 0 fully saturated rings. The van der Waals surface area contributed by atoms with Crippen molar-refractivity contribution in [3.8, 4) is 0 Å². The predicted molar refractivity (Wildman–Crippen MR) is 63.0 cm³/mol. The molecular formula is C10H25NO2Si. The first-order valence-corrected chi connectivity index (χ1v) is 7.13. The van der Waals surface area contributed by atoms with E-state index >= 15 is 0 Å². The van der Waals surface area contributed by atoms with E-state index in [9.17, 15) is 0 Å². The minimum absolute atomic E-state index is 0.605. The fourth-order valence-electron chi connectivity index (χ4n) is 1.55. The van der Waals surface area contributed by atoms with Gasteiger partial charge in [-0.15, -0.1) is 0 Å². The molecule has 14 heavy (non-hydrogen) atoms. The molecule has 4 heteroatoms. The number of hydrogen-bond donors (Lipinski definition) is 1. The predicted octanol–water partition coefficient (Wildman–Crippen LogP) is 1.67. The molecule has 0 rings (SSSR count). The highest BCUT2D eigenvalue weighted by Crippen LogP contribution is 2.16. The highest BCUT2D eigenvalue weighted by atomic mass is 28.3. The Morgan fingerprint density at radius 2 is 1.86 bits per heavy atom. The van der Waals surface area contributed by atoms with Gasteiger partial charge in [-0.05, 0) is 37.9 Å². The van der Waals surface area contributed by atoms with E-state index < -0.39 is 9.28 Å². The van der Waals surface area contributed by atoms with E-state index in [1.165, 1.54) is 19.3 Å². The van der Waals surface area contributed by atoms with Crippen molar-refractivity contribution in [2.24, 2.45) is 0 Å². The Morgan fingerprint density at radius 3 is 2.36 bits per heavy atom.